The lowest BCUT2D eigenvalue weighted by Gasteiger charge is -2.34. The van der Waals surface area contributed by atoms with Gasteiger partial charge in [-0.25, -0.2) is 4.79 Å². The summed E-state index contributed by atoms with van der Waals surface area (Å²) in [4.78, 5) is 24.8. The zero-order chi connectivity index (χ0) is 23.6. The van der Waals surface area contributed by atoms with Gasteiger partial charge in [-0.1, -0.05) is 48.9 Å². The van der Waals surface area contributed by atoms with E-state index in [1.54, 1.807) is 0 Å². The van der Waals surface area contributed by atoms with E-state index >= 15 is 0 Å². The number of esters is 2. The molecule has 0 amide bonds. The summed E-state index contributed by atoms with van der Waals surface area (Å²) in [7, 11) is 4.41. The summed E-state index contributed by atoms with van der Waals surface area (Å²) in [6.07, 6.45) is 0.535. The van der Waals surface area contributed by atoms with E-state index < -0.39 is 17.5 Å². The van der Waals surface area contributed by atoms with Gasteiger partial charge in [-0.05, 0) is 24.1 Å². The van der Waals surface area contributed by atoms with Crippen molar-refractivity contribution in [2.24, 2.45) is 0 Å². The minimum absolute atomic E-state index is 0.0306. The first-order valence-corrected chi connectivity index (χ1v) is 10.5. The number of methoxy groups -OCH3 is 3. The maximum atomic E-state index is 12.9. The lowest BCUT2D eigenvalue weighted by atomic mass is 9.88. The SMILES string of the molecule is CC[C@@](COC(=O)c1cc(OC)c(OC)c(OC)c1)(NCC(=O)OCCl)c1ccccc1. The molecule has 0 unspecified atom stereocenters. The summed E-state index contributed by atoms with van der Waals surface area (Å²) in [6, 6.07) is 12.2. The number of alkyl halides is 1. The molecule has 2 rings (SSSR count). The number of halogens is 1. The molecule has 0 aliphatic carbocycles. The van der Waals surface area contributed by atoms with Crippen LogP contribution in [-0.4, -0.2) is 52.5 Å². The number of hydrogen-bond acceptors (Lipinski definition) is 8. The first-order chi connectivity index (χ1) is 15.4. The van der Waals surface area contributed by atoms with Gasteiger partial charge < -0.3 is 23.7 Å². The highest BCUT2D eigenvalue weighted by Gasteiger charge is 2.33. The molecular formula is C23H28ClNO7. The highest BCUT2D eigenvalue weighted by molar-refractivity contribution is 6.17. The molecule has 8 nitrogen and oxygen atoms in total. The van der Waals surface area contributed by atoms with Crippen LogP contribution >= 0.6 is 11.6 Å². The quantitative estimate of drug-likeness (QED) is 0.376. The fraction of sp³-hybridized carbons (Fsp3) is 0.391. The molecule has 0 aliphatic heterocycles. The molecule has 0 spiro atoms. The topological polar surface area (TPSA) is 92.3 Å². The molecule has 0 saturated heterocycles. The fourth-order valence-electron chi connectivity index (χ4n) is 3.25. The lowest BCUT2D eigenvalue weighted by molar-refractivity contribution is -0.141. The van der Waals surface area contributed by atoms with Gasteiger partial charge in [-0.2, -0.15) is 0 Å². The Balaban J connectivity index is 2.28. The van der Waals surface area contributed by atoms with Crippen LogP contribution in [0.3, 0.4) is 0 Å². The van der Waals surface area contributed by atoms with Gasteiger partial charge in [0.15, 0.2) is 17.6 Å². The highest BCUT2D eigenvalue weighted by atomic mass is 35.5. The second-order valence-electron chi connectivity index (χ2n) is 6.77. The maximum Gasteiger partial charge on any atom is 0.338 e. The van der Waals surface area contributed by atoms with Crippen molar-refractivity contribution in [1.82, 2.24) is 5.32 Å². The van der Waals surface area contributed by atoms with Crippen molar-refractivity contribution in [3.8, 4) is 17.2 Å². The van der Waals surface area contributed by atoms with Crippen molar-refractivity contribution in [1.29, 1.82) is 0 Å². The number of nitrogens with one attached hydrogen (secondary N) is 1. The molecule has 1 atom stereocenters. The summed E-state index contributed by atoms with van der Waals surface area (Å²) in [5.74, 6) is -0.0396. The van der Waals surface area contributed by atoms with E-state index in [1.807, 2.05) is 37.3 Å². The van der Waals surface area contributed by atoms with Crippen LogP contribution in [0, 0.1) is 0 Å². The van der Waals surface area contributed by atoms with E-state index in [4.69, 9.17) is 35.3 Å². The Labute approximate surface area is 192 Å². The van der Waals surface area contributed by atoms with Gasteiger partial charge in [0.1, 0.15) is 6.61 Å². The zero-order valence-corrected chi connectivity index (χ0v) is 19.4. The van der Waals surface area contributed by atoms with Crippen LogP contribution in [0.5, 0.6) is 17.2 Å². The Morgan fingerprint density at radius 2 is 1.59 bits per heavy atom. The van der Waals surface area contributed by atoms with Gasteiger partial charge in [0.2, 0.25) is 5.75 Å². The molecule has 9 heteroatoms. The van der Waals surface area contributed by atoms with E-state index in [-0.39, 0.29) is 24.8 Å². The molecule has 0 bridgehead atoms. The number of rotatable bonds is 12. The fourth-order valence-corrected chi connectivity index (χ4v) is 3.37. The summed E-state index contributed by atoms with van der Waals surface area (Å²) in [6.45, 7) is 1.80. The Hall–Kier alpha value is -2.97. The molecule has 0 radical (unpaired) electrons. The molecule has 32 heavy (non-hydrogen) atoms. The van der Waals surface area contributed by atoms with E-state index in [2.05, 4.69) is 5.32 Å². The molecule has 2 aromatic carbocycles. The summed E-state index contributed by atoms with van der Waals surface area (Å²) in [5, 5.41) is 3.17. The third-order valence-corrected chi connectivity index (χ3v) is 5.18. The van der Waals surface area contributed by atoms with Crippen LogP contribution in [-0.2, 0) is 19.8 Å². The number of carbonyl (C=O) groups excluding carboxylic acids is 2. The van der Waals surface area contributed by atoms with Crippen molar-refractivity contribution in [2.75, 3.05) is 40.5 Å². The van der Waals surface area contributed by atoms with Crippen molar-refractivity contribution < 1.29 is 33.3 Å². The van der Waals surface area contributed by atoms with Crippen LogP contribution in [0.2, 0.25) is 0 Å². The van der Waals surface area contributed by atoms with E-state index in [0.717, 1.165) is 5.56 Å². The van der Waals surface area contributed by atoms with Crippen LogP contribution in [0.25, 0.3) is 0 Å². The van der Waals surface area contributed by atoms with Crippen molar-refractivity contribution >= 4 is 23.5 Å². The van der Waals surface area contributed by atoms with Gasteiger partial charge in [0.25, 0.3) is 0 Å². The average molecular weight is 466 g/mol. The Morgan fingerprint density at radius 1 is 0.969 bits per heavy atom. The smallest absolute Gasteiger partial charge is 0.338 e. The molecule has 2 aromatic rings. The summed E-state index contributed by atoms with van der Waals surface area (Å²) < 4.78 is 26.4. The van der Waals surface area contributed by atoms with E-state index in [9.17, 15) is 9.59 Å². The van der Waals surface area contributed by atoms with Gasteiger partial charge in [0.05, 0.1) is 39.0 Å². The largest absolute Gasteiger partial charge is 0.493 e. The molecule has 1 N–H and O–H groups in total. The van der Waals surface area contributed by atoms with Crippen LogP contribution < -0.4 is 19.5 Å². The van der Waals surface area contributed by atoms with Gasteiger partial charge in [-0.15, -0.1) is 0 Å². The lowest BCUT2D eigenvalue weighted by Crippen LogP contribution is -2.48. The van der Waals surface area contributed by atoms with E-state index in [0.29, 0.717) is 23.7 Å². The molecule has 0 aromatic heterocycles. The van der Waals surface area contributed by atoms with E-state index in [1.165, 1.54) is 33.5 Å². The first kappa shape index (κ1) is 25.3. The van der Waals surface area contributed by atoms with Crippen molar-refractivity contribution in [3.63, 3.8) is 0 Å². The van der Waals surface area contributed by atoms with Gasteiger partial charge >= 0.3 is 11.9 Å². The number of ether oxygens (including phenoxy) is 5. The number of carbonyl (C=O) groups is 2. The molecule has 0 aliphatic rings. The van der Waals surface area contributed by atoms with Crippen LogP contribution in [0.1, 0.15) is 29.3 Å². The third-order valence-electron chi connectivity index (χ3n) is 5.07. The average Bonchev–Trinajstić information content (AvgIpc) is 2.84. The van der Waals surface area contributed by atoms with Crippen LogP contribution in [0.4, 0.5) is 0 Å². The normalized spacial score (nSPS) is 12.4. The second kappa shape index (κ2) is 12.2. The second-order valence-corrected chi connectivity index (χ2v) is 6.99. The van der Waals surface area contributed by atoms with Crippen molar-refractivity contribution in [3.05, 3.63) is 53.6 Å². The van der Waals surface area contributed by atoms with Gasteiger partial charge in [-0.3, -0.25) is 10.1 Å². The standard InChI is InChI=1S/C23H28ClNO7/c1-5-23(17-9-7-6-8-10-17,25-13-20(26)32-15-24)14-31-22(27)16-11-18(28-2)21(30-4)19(12-16)29-3/h6-12,25H,5,13-15H2,1-4H3/t23-/m0/s1. The maximum absolute atomic E-state index is 12.9. The van der Waals surface area contributed by atoms with Gasteiger partial charge in [0, 0.05) is 0 Å². The summed E-state index contributed by atoms with van der Waals surface area (Å²) in [5.41, 5.74) is 0.279. The van der Waals surface area contributed by atoms with Crippen molar-refractivity contribution in [2.45, 2.75) is 18.9 Å². The predicted molar refractivity (Wildman–Crippen MR) is 120 cm³/mol. The predicted octanol–water partition coefficient (Wildman–Crippen LogP) is 3.50. The minimum atomic E-state index is -0.817. The highest BCUT2D eigenvalue weighted by Crippen LogP contribution is 2.38. The Kier molecular flexibility index (Phi) is 9.61. The summed E-state index contributed by atoms with van der Waals surface area (Å²) >= 11 is 5.47. The third kappa shape index (κ3) is 6.05. The first-order valence-electron chi connectivity index (χ1n) is 9.93. The Morgan fingerprint density at radius 3 is 2.09 bits per heavy atom. The Bertz CT molecular complexity index is 881. The monoisotopic (exact) mass is 465 g/mol. The molecule has 174 valence electrons. The number of hydrogen-bond donors (Lipinski definition) is 1. The minimum Gasteiger partial charge on any atom is -0.493 e. The molecule has 0 fully saturated rings. The number of benzene rings is 2. The molecular weight excluding hydrogens is 438 g/mol. The molecule has 0 heterocycles. The molecule has 0 saturated carbocycles. The van der Waals surface area contributed by atoms with Crippen LogP contribution in [0.15, 0.2) is 42.5 Å². The zero-order valence-electron chi connectivity index (χ0n) is 18.6.